The lowest BCUT2D eigenvalue weighted by molar-refractivity contribution is 0.195. The Kier molecular flexibility index (Phi) is 8.68. The maximum Gasteiger partial charge on any atom is 0.252 e. The minimum Gasteiger partial charge on any atom is -0.335 e. The SMILES string of the molecule is CC(C)(C)c1ccc2c(c1)C1(C)CCc3ccccc3C1(C)N2c1cc2c3c(c1)-n1c4ccc(C(C)(C)C)cc4c4cc(C(C)(C)C)cc(c41)B3c1cc(-c3ccccc3)cc3c1N2C1(C)CCCCC31C. The molecule has 1 fully saturated rings. The summed E-state index contributed by atoms with van der Waals surface area (Å²) in [6.07, 6.45) is 7.02. The van der Waals surface area contributed by atoms with Crippen molar-refractivity contribution in [3.8, 4) is 16.8 Å². The topological polar surface area (TPSA) is 11.4 Å². The summed E-state index contributed by atoms with van der Waals surface area (Å²) in [5.41, 5.74) is 26.1. The second-order valence-electron chi connectivity index (χ2n) is 27.2. The van der Waals surface area contributed by atoms with E-state index in [1.54, 1.807) is 5.56 Å². The molecule has 2 aliphatic carbocycles. The average Bonchev–Trinajstić information content (AvgIpc) is 3.87. The molecule has 0 N–H and O–H groups in total. The molecule has 3 nitrogen and oxygen atoms in total. The van der Waals surface area contributed by atoms with Crippen LogP contribution < -0.4 is 26.2 Å². The first-order valence-corrected chi connectivity index (χ1v) is 27.5. The van der Waals surface area contributed by atoms with Crippen LogP contribution in [-0.2, 0) is 39.0 Å². The lowest BCUT2D eigenvalue weighted by Crippen LogP contribution is -2.64. The number of rotatable bonds is 2. The van der Waals surface area contributed by atoms with E-state index in [4.69, 9.17) is 0 Å². The van der Waals surface area contributed by atoms with Crippen LogP contribution in [-0.4, -0.2) is 16.8 Å². The first-order chi connectivity index (χ1) is 34.1. The summed E-state index contributed by atoms with van der Waals surface area (Å²) in [7, 11) is 0. The average molecular weight is 942 g/mol. The molecule has 0 bridgehead atoms. The number of benzene rings is 7. The van der Waals surface area contributed by atoms with Crippen LogP contribution in [0.15, 0.2) is 127 Å². The van der Waals surface area contributed by atoms with Crippen LogP contribution >= 0.6 is 0 Å². The molecule has 0 amide bonds. The van der Waals surface area contributed by atoms with E-state index >= 15 is 0 Å². The maximum absolute atomic E-state index is 2.96. The van der Waals surface area contributed by atoms with Crippen molar-refractivity contribution in [2.24, 2.45) is 0 Å². The van der Waals surface area contributed by atoms with Gasteiger partial charge in [-0.05, 0) is 165 Å². The van der Waals surface area contributed by atoms with Crippen molar-refractivity contribution in [2.75, 3.05) is 9.80 Å². The third-order valence-corrected chi connectivity index (χ3v) is 20.4. The smallest absolute Gasteiger partial charge is 0.252 e. The van der Waals surface area contributed by atoms with Crippen LogP contribution in [0.4, 0.5) is 22.7 Å². The van der Waals surface area contributed by atoms with Gasteiger partial charge in [-0.3, -0.25) is 0 Å². The second-order valence-corrected chi connectivity index (χ2v) is 27.2. The number of aromatic nitrogens is 1. The van der Waals surface area contributed by atoms with Crippen molar-refractivity contribution in [1.29, 1.82) is 0 Å². The molecule has 0 spiro atoms. The van der Waals surface area contributed by atoms with Crippen LogP contribution in [0.25, 0.3) is 38.6 Å². The van der Waals surface area contributed by atoms with Crippen molar-refractivity contribution in [3.63, 3.8) is 0 Å². The zero-order valence-electron chi connectivity index (χ0n) is 45.3. The van der Waals surface area contributed by atoms with Crippen LogP contribution in [0.3, 0.4) is 0 Å². The molecule has 1 saturated carbocycles. The van der Waals surface area contributed by atoms with E-state index in [1.165, 1.54) is 130 Å². The van der Waals surface area contributed by atoms with E-state index < -0.39 is 0 Å². The molecule has 0 radical (unpaired) electrons. The van der Waals surface area contributed by atoms with Gasteiger partial charge < -0.3 is 14.4 Å². The van der Waals surface area contributed by atoms with Gasteiger partial charge >= 0.3 is 0 Å². The number of hydrogen-bond acceptors (Lipinski definition) is 2. The standard InChI is InChI=1S/C68H72BN3/c1-62(2,3)44-25-27-55-48(35-44)49-36-46(64(7,8)9)38-54-60(49)70(55)57-39-47(71-56-28-26-45(63(4,5)6)37-51(56)66(11)32-29-42-23-17-18-24-50(42)68(66,71)13)40-58-59(57)69(54)53-34-43(41-21-15-14-16-22-41)33-52-61(53)72(58)67(12)31-20-19-30-65(52,67)10/h14-18,21-28,33-40H,19-20,29-32H2,1-13H3. The summed E-state index contributed by atoms with van der Waals surface area (Å²) >= 11 is 0. The molecular weight excluding hydrogens is 870 g/mol. The number of fused-ring (bicyclic) bond motifs is 15. The Morgan fingerprint density at radius 3 is 1.90 bits per heavy atom. The quantitative estimate of drug-likeness (QED) is 0.160. The molecule has 4 aliphatic heterocycles. The molecule has 7 aromatic carbocycles. The lowest BCUT2D eigenvalue weighted by atomic mass is 9.33. The number of nitrogens with zero attached hydrogens (tertiary/aromatic N) is 3. The van der Waals surface area contributed by atoms with Crippen LogP contribution in [0.5, 0.6) is 0 Å². The molecule has 8 aromatic rings. The fourth-order valence-corrected chi connectivity index (χ4v) is 15.9. The number of aryl methyl sites for hydroxylation is 1. The summed E-state index contributed by atoms with van der Waals surface area (Å²) in [6.45, 7) is 32.0. The number of anilines is 4. The predicted octanol–water partition coefficient (Wildman–Crippen LogP) is 15.5. The van der Waals surface area contributed by atoms with Gasteiger partial charge in [0.15, 0.2) is 0 Å². The van der Waals surface area contributed by atoms with E-state index in [-0.39, 0.29) is 44.9 Å². The van der Waals surface area contributed by atoms with E-state index in [2.05, 4.69) is 232 Å². The molecule has 4 unspecified atom stereocenters. The summed E-state index contributed by atoms with van der Waals surface area (Å²) in [6, 6.07) is 51.6. The minimum atomic E-state index is -0.346. The van der Waals surface area contributed by atoms with Gasteiger partial charge in [-0.1, -0.05) is 174 Å². The highest BCUT2D eigenvalue weighted by molar-refractivity contribution is 7.00. The zero-order valence-corrected chi connectivity index (χ0v) is 45.3. The van der Waals surface area contributed by atoms with Crippen LogP contribution in [0, 0.1) is 0 Å². The first kappa shape index (κ1) is 44.7. The zero-order chi connectivity index (χ0) is 50.0. The van der Waals surface area contributed by atoms with Crippen LogP contribution in [0.1, 0.15) is 161 Å². The van der Waals surface area contributed by atoms with Gasteiger partial charge in [0.2, 0.25) is 0 Å². The normalized spacial score (nSPS) is 24.5. The molecule has 1 aromatic heterocycles. The maximum atomic E-state index is 2.96. The van der Waals surface area contributed by atoms with Gasteiger partial charge in [0, 0.05) is 55.6 Å². The summed E-state index contributed by atoms with van der Waals surface area (Å²) < 4.78 is 2.75. The van der Waals surface area contributed by atoms with Crippen LogP contribution in [0.2, 0.25) is 0 Å². The van der Waals surface area contributed by atoms with Gasteiger partial charge in [0.05, 0.1) is 16.6 Å². The Morgan fingerprint density at radius 2 is 1.15 bits per heavy atom. The van der Waals surface area contributed by atoms with E-state index in [9.17, 15) is 0 Å². The van der Waals surface area contributed by atoms with E-state index in [0.717, 1.165) is 19.3 Å². The van der Waals surface area contributed by atoms with E-state index in [1.807, 2.05) is 0 Å². The first-order valence-electron chi connectivity index (χ1n) is 27.5. The Hall–Kier alpha value is -6.00. The van der Waals surface area contributed by atoms with Gasteiger partial charge in [-0.15, -0.1) is 0 Å². The van der Waals surface area contributed by atoms with Gasteiger partial charge in [0.1, 0.15) is 0 Å². The summed E-state index contributed by atoms with van der Waals surface area (Å²) in [4.78, 5) is 5.81. The summed E-state index contributed by atoms with van der Waals surface area (Å²) in [5.74, 6) is 0. The second kappa shape index (κ2) is 14.0. The predicted molar refractivity (Wildman–Crippen MR) is 308 cm³/mol. The fraction of sp³-hybridized carbons (Fsp3) is 0.382. The Morgan fingerprint density at radius 1 is 0.486 bits per heavy atom. The highest BCUT2D eigenvalue weighted by atomic mass is 15.3. The molecule has 14 rings (SSSR count). The molecule has 4 atom stereocenters. The number of hydrogen-bond donors (Lipinski definition) is 0. The molecular formula is C68H72BN3. The Balaban J connectivity index is 1.16. The summed E-state index contributed by atoms with van der Waals surface area (Å²) in [5, 5.41) is 2.74. The minimum absolute atomic E-state index is 0.00805. The third kappa shape index (κ3) is 5.45. The van der Waals surface area contributed by atoms with Crippen molar-refractivity contribution < 1.29 is 0 Å². The van der Waals surface area contributed by atoms with Crippen molar-refractivity contribution >= 4 is 67.7 Å². The molecule has 5 heterocycles. The molecule has 4 heteroatoms. The molecule has 0 saturated heterocycles. The molecule has 6 aliphatic rings. The fourth-order valence-electron chi connectivity index (χ4n) is 15.9. The molecule has 72 heavy (non-hydrogen) atoms. The Bertz CT molecular complexity index is 3690. The highest BCUT2D eigenvalue weighted by Gasteiger charge is 2.63. The third-order valence-electron chi connectivity index (χ3n) is 20.4. The van der Waals surface area contributed by atoms with Gasteiger partial charge in [-0.25, -0.2) is 0 Å². The highest BCUT2D eigenvalue weighted by Crippen LogP contribution is 2.66. The van der Waals surface area contributed by atoms with Gasteiger partial charge in [-0.2, -0.15) is 0 Å². The molecule has 362 valence electrons. The van der Waals surface area contributed by atoms with Gasteiger partial charge in [0.25, 0.3) is 6.71 Å². The van der Waals surface area contributed by atoms with Crippen molar-refractivity contribution in [2.45, 2.75) is 167 Å². The lowest BCUT2D eigenvalue weighted by Gasteiger charge is -2.53. The monoisotopic (exact) mass is 942 g/mol. The van der Waals surface area contributed by atoms with Crippen molar-refractivity contribution in [1.82, 2.24) is 4.57 Å². The van der Waals surface area contributed by atoms with E-state index in [0.29, 0.717) is 0 Å². The Labute approximate surface area is 429 Å². The largest absolute Gasteiger partial charge is 0.335 e. The van der Waals surface area contributed by atoms with Crippen molar-refractivity contribution in [3.05, 3.63) is 166 Å².